The predicted octanol–water partition coefficient (Wildman–Crippen LogP) is 5.10. The van der Waals surface area contributed by atoms with E-state index in [0.717, 1.165) is 24.1 Å². The van der Waals surface area contributed by atoms with Crippen molar-refractivity contribution < 1.29 is 9.21 Å². The average molecular weight is 428 g/mol. The fourth-order valence-electron chi connectivity index (χ4n) is 4.13. The van der Waals surface area contributed by atoms with Gasteiger partial charge >= 0.3 is 0 Å². The van der Waals surface area contributed by atoms with Gasteiger partial charge in [0.1, 0.15) is 11.5 Å². The first-order chi connectivity index (χ1) is 15.7. The van der Waals surface area contributed by atoms with E-state index in [4.69, 9.17) is 9.52 Å². The zero-order valence-corrected chi connectivity index (χ0v) is 17.6. The Bertz CT molecular complexity index is 1250. The third-order valence-corrected chi connectivity index (χ3v) is 6.50. The predicted molar refractivity (Wildman–Crippen MR) is 119 cm³/mol. The van der Waals surface area contributed by atoms with Gasteiger partial charge in [0.15, 0.2) is 5.76 Å². The SMILES string of the molecule is O=C(Nc1cn(C2CCC2)nc1-c1ccccn1)c1ccc(-c2cnn(C3CCC3)c2)o1. The van der Waals surface area contributed by atoms with Crippen LogP contribution in [0.15, 0.2) is 59.5 Å². The molecule has 0 radical (unpaired) electrons. The van der Waals surface area contributed by atoms with Crippen molar-refractivity contribution in [1.29, 1.82) is 0 Å². The van der Waals surface area contributed by atoms with E-state index in [2.05, 4.69) is 15.4 Å². The van der Waals surface area contributed by atoms with Crippen LogP contribution >= 0.6 is 0 Å². The van der Waals surface area contributed by atoms with Crippen LogP contribution in [0.1, 0.15) is 61.2 Å². The molecule has 8 heteroatoms. The number of nitrogens with one attached hydrogen (secondary N) is 1. The molecule has 0 atom stereocenters. The summed E-state index contributed by atoms with van der Waals surface area (Å²) in [5.74, 6) is 0.573. The van der Waals surface area contributed by atoms with Crippen LogP contribution in [0.4, 0.5) is 5.69 Å². The molecule has 0 aromatic carbocycles. The zero-order chi connectivity index (χ0) is 21.5. The fraction of sp³-hybridized carbons (Fsp3) is 0.333. The van der Waals surface area contributed by atoms with Crippen molar-refractivity contribution in [2.24, 2.45) is 0 Å². The monoisotopic (exact) mass is 428 g/mol. The minimum absolute atomic E-state index is 0.250. The van der Waals surface area contributed by atoms with Crippen LogP contribution in [0, 0.1) is 0 Å². The minimum Gasteiger partial charge on any atom is -0.451 e. The lowest BCUT2D eigenvalue weighted by molar-refractivity contribution is 0.0997. The van der Waals surface area contributed by atoms with Crippen molar-refractivity contribution in [1.82, 2.24) is 24.5 Å². The van der Waals surface area contributed by atoms with Crippen LogP contribution in [0.2, 0.25) is 0 Å². The number of hydrogen-bond donors (Lipinski definition) is 1. The molecule has 0 unspecified atom stereocenters. The highest BCUT2D eigenvalue weighted by atomic mass is 16.4. The van der Waals surface area contributed by atoms with Gasteiger partial charge in [-0.15, -0.1) is 0 Å². The van der Waals surface area contributed by atoms with Gasteiger partial charge in [-0.05, 0) is 62.8 Å². The highest BCUT2D eigenvalue weighted by Gasteiger charge is 2.25. The smallest absolute Gasteiger partial charge is 0.291 e. The lowest BCUT2D eigenvalue weighted by Crippen LogP contribution is -2.17. The van der Waals surface area contributed by atoms with Gasteiger partial charge in [-0.1, -0.05) is 6.07 Å². The van der Waals surface area contributed by atoms with Crippen LogP contribution < -0.4 is 5.32 Å². The summed E-state index contributed by atoms with van der Waals surface area (Å²) >= 11 is 0. The van der Waals surface area contributed by atoms with E-state index in [1.165, 1.54) is 25.7 Å². The number of rotatable bonds is 6. The van der Waals surface area contributed by atoms with Gasteiger partial charge in [0.05, 0.1) is 35.2 Å². The molecule has 0 bridgehead atoms. The van der Waals surface area contributed by atoms with Gasteiger partial charge in [0, 0.05) is 18.6 Å². The molecule has 0 aliphatic heterocycles. The van der Waals surface area contributed by atoms with Crippen molar-refractivity contribution >= 4 is 11.6 Å². The number of anilines is 1. The lowest BCUT2D eigenvalue weighted by Gasteiger charge is -2.25. The Balaban J connectivity index is 1.24. The first kappa shape index (κ1) is 19.0. The third kappa shape index (κ3) is 3.41. The maximum atomic E-state index is 13.0. The second kappa shape index (κ2) is 7.78. The highest BCUT2D eigenvalue weighted by Crippen LogP contribution is 2.35. The standard InChI is InChI=1S/C24H24N6O2/c31-24(22-11-10-21(32-22)16-13-26-29(14-16)17-5-3-6-17)27-20-15-30(18-7-4-8-18)28-23(20)19-9-1-2-12-25-19/h1-2,9-15,17-18H,3-8H2,(H,27,31). The highest BCUT2D eigenvalue weighted by molar-refractivity contribution is 6.04. The molecule has 2 aliphatic carbocycles. The van der Waals surface area contributed by atoms with E-state index in [9.17, 15) is 4.79 Å². The molecule has 0 spiro atoms. The number of furan rings is 1. The summed E-state index contributed by atoms with van der Waals surface area (Å²) in [5.41, 5.74) is 2.91. The topological polar surface area (TPSA) is 90.8 Å². The van der Waals surface area contributed by atoms with Crippen molar-refractivity contribution in [3.05, 3.63) is 60.9 Å². The maximum Gasteiger partial charge on any atom is 0.291 e. The number of carbonyl (C=O) groups excluding carboxylic acids is 1. The van der Waals surface area contributed by atoms with E-state index in [1.807, 2.05) is 46.0 Å². The first-order valence-electron chi connectivity index (χ1n) is 11.2. The molecular formula is C24H24N6O2. The van der Waals surface area contributed by atoms with E-state index >= 15 is 0 Å². The Kier molecular flexibility index (Phi) is 4.63. The van der Waals surface area contributed by atoms with E-state index in [1.54, 1.807) is 18.5 Å². The number of aromatic nitrogens is 5. The van der Waals surface area contributed by atoms with Crippen LogP contribution in [-0.4, -0.2) is 30.5 Å². The largest absolute Gasteiger partial charge is 0.451 e. The molecule has 4 aromatic rings. The summed E-state index contributed by atoms with van der Waals surface area (Å²) in [7, 11) is 0. The van der Waals surface area contributed by atoms with Gasteiger partial charge < -0.3 is 9.73 Å². The summed E-state index contributed by atoms with van der Waals surface area (Å²) < 4.78 is 9.82. The molecule has 8 nitrogen and oxygen atoms in total. The van der Waals surface area contributed by atoms with Gasteiger partial charge in [-0.25, -0.2) is 0 Å². The molecule has 4 aromatic heterocycles. The summed E-state index contributed by atoms with van der Waals surface area (Å²) in [4.78, 5) is 17.4. The third-order valence-electron chi connectivity index (χ3n) is 6.50. The molecule has 1 amide bonds. The maximum absolute atomic E-state index is 13.0. The Labute approximate surface area is 185 Å². The second-order valence-electron chi connectivity index (χ2n) is 8.58. The zero-order valence-electron chi connectivity index (χ0n) is 17.6. The van der Waals surface area contributed by atoms with Crippen LogP contribution in [0.3, 0.4) is 0 Å². The number of hydrogen-bond acceptors (Lipinski definition) is 5. The second-order valence-corrected chi connectivity index (χ2v) is 8.58. The van der Waals surface area contributed by atoms with Crippen molar-refractivity contribution in [2.45, 2.75) is 50.6 Å². The fourth-order valence-corrected chi connectivity index (χ4v) is 4.13. The Morgan fingerprint density at radius 2 is 1.81 bits per heavy atom. The molecule has 6 rings (SSSR count). The summed E-state index contributed by atoms with van der Waals surface area (Å²) in [6.45, 7) is 0. The van der Waals surface area contributed by atoms with Crippen LogP contribution in [0.5, 0.6) is 0 Å². The van der Waals surface area contributed by atoms with E-state index in [-0.39, 0.29) is 11.7 Å². The van der Waals surface area contributed by atoms with Crippen LogP contribution in [-0.2, 0) is 0 Å². The quantitative estimate of drug-likeness (QED) is 0.461. The van der Waals surface area contributed by atoms with E-state index < -0.39 is 0 Å². The lowest BCUT2D eigenvalue weighted by atomic mass is 9.93. The molecule has 0 saturated heterocycles. The molecule has 2 saturated carbocycles. The van der Waals surface area contributed by atoms with E-state index in [0.29, 0.717) is 29.2 Å². The summed E-state index contributed by atoms with van der Waals surface area (Å²) in [5, 5.41) is 12.2. The number of carbonyl (C=O) groups is 1. The first-order valence-corrected chi connectivity index (χ1v) is 11.2. The molecular weight excluding hydrogens is 404 g/mol. The molecule has 2 aliphatic rings. The minimum atomic E-state index is -0.312. The van der Waals surface area contributed by atoms with Gasteiger partial charge in [0.2, 0.25) is 0 Å². The normalized spacial score (nSPS) is 16.5. The number of pyridine rings is 1. The molecule has 1 N–H and O–H groups in total. The Morgan fingerprint density at radius 3 is 2.53 bits per heavy atom. The molecule has 32 heavy (non-hydrogen) atoms. The average Bonchev–Trinajstić information content (AvgIpc) is 3.46. The van der Waals surface area contributed by atoms with Crippen molar-refractivity contribution in [3.8, 4) is 22.7 Å². The van der Waals surface area contributed by atoms with Crippen LogP contribution in [0.25, 0.3) is 22.7 Å². The van der Waals surface area contributed by atoms with Gasteiger partial charge in [-0.3, -0.25) is 19.1 Å². The Hall–Kier alpha value is -3.68. The van der Waals surface area contributed by atoms with Gasteiger partial charge in [-0.2, -0.15) is 10.2 Å². The summed E-state index contributed by atoms with van der Waals surface area (Å²) in [6.07, 6.45) is 14.4. The van der Waals surface area contributed by atoms with Crippen molar-refractivity contribution in [3.63, 3.8) is 0 Å². The molecule has 2 fully saturated rings. The molecule has 162 valence electrons. The number of amides is 1. The molecule has 4 heterocycles. The number of nitrogens with zero attached hydrogens (tertiary/aromatic N) is 5. The Morgan fingerprint density at radius 1 is 1.00 bits per heavy atom. The van der Waals surface area contributed by atoms with Crippen molar-refractivity contribution in [2.75, 3.05) is 5.32 Å². The summed E-state index contributed by atoms with van der Waals surface area (Å²) in [6, 6.07) is 10.1. The van der Waals surface area contributed by atoms with Gasteiger partial charge in [0.25, 0.3) is 5.91 Å².